The highest BCUT2D eigenvalue weighted by atomic mass is 32.1. The molecule has 0 amide bonds. The highest BCUT2D eigenvalue weighted by Gasteiger charge is 2.44. The predicted molar refractivity (Wildman–Crippen MR) is 127 cm³/mol. The van der Waals surface area contributed by atoms with E-state index in [4.69, 9.17) is 12.3 Å². The van der Waals surface area contributed by atoms with Crippen molar-refractivity contribution in [3.8, 4) is 0 Å². The quantitative estimate of drug-likeness (QED) is 0.492. The van der Waals surface area contributed by atoms with Crippen LogP contribution in [0.3, 0.4) is 0 Å². The highest BCUT2D eigenvalue weighted by Crippen LogP contribution is 2.26. The van der Waals surface area contributed by atoms with E-state index in [1.165, 1.54) is 24.2 Å². The van der Waals surface area contributed by atoms with Crippen molar-refractivity contribution >= 4 is 61.5 Å². The standard InChI is InChI=1S/C16H37BO5SSi4/c1-10-11-14-24(2,3)20-26(6,7)22-27(8,9)21-25(4,5)16-13-12-15(23-16)17(18)19/h12-13,18-19H,10-11,14H2,1-9H3. The van der Waals surface area contributed by atoms with Crippen LogP contribution in [-0.2, 0) is 12.3 Å². The zero-order chi connectivity index (χ0) is 21.1. The Kier molecular flexibility index (Phi) is 8.96. The van der Waals surface area contributed by atoms with Gasteiger partial charge in [0.25, 0.3) is 0 Å². The number of hydrogen-bond donors (Lipinski definition) is 2. The van der Waals surface area contributed by atoms with Gasteiger partial charge >= 0.3 is 24.2 Å². The molecule has 1 heterocycles. The second-order valence-electron chi connectivity index (χ2n) is 9.06. The molecular formula is C16H37BO5SSi4. The largest absolute Gasteiger partial charge is 0.499 e. The van der Waals surface area contributed by atoms with Crippen LogP contribution in [0.15, 0.2) is 12.1 Å². The van der Waals surface area contributed by atoms with Crippen LogP contribution in [0.25, 0.3) is 0 Å². The Hall–Kier alpha value is 0.432. The molecule has 0 aromatic carbocycles. The van der Waals surface area contributed by atoms with Crippen molar-refractivity contribution < 1.29 is 22.4 Å². The molecule has 0 atom stereocenters. The molecule has 2 N–H and O–H groups in total. The van der Waals surface area contributed by atoms with Crippen LogP contribution in [0, 0.1) is 0 Å². The Morgan fingerprint density at radius 2 is 1.44 bits per heavy atom. The van der Waals surface area contributed by atoms with Crippen molar-refractivity contribution in [3.05, 3.63) is 12.1 Å². The minimum Gasteiger partial charge on any atom is -0.436 e. The van der Waals surface area contributed by atoms with E-state index in [2.05, 4.69) is 59.3 Å². The van der Waals surface area contributed by atoms with Crippen LogP contribution in [0.1, 0.15) is 19.8 Å². The molecule has 0 bridgehead atoms. The zero-order valence-corrected chi connectivity index (χ0v) is 23.2. The summed E-state index contributed by atoms with van der Waals surface area (Å²) in [5.41, 5.74) is 0. The monoisotopic (exact) mass is 464 g/mol. The normalized spacial score (nSPS) is 13.9. The van der Waals surface area contributed by atoms with Gasteiger partial charge in [0.05, 0.1) is 0 Å². The van der Waals surface area contributed by atoms with E-state index in [0.29, 0.717) is 4.78 Å². The van der Waals surface area contributed by atoms with Crippen molar-refractivity contribution in [2.24, 2.45) is 0 Å². The van der Waals surface area contributed by atoms with Crippen LogP contribution < -0.4 is 9.28 Å². The van der Waals surface area contributed by atoms with E-state index < -0.39 is 40.9 Å². The topological polar surface area (TPSA) is 68.2 Å². The van der Waals surface area contributed by atoms with Gasteiger partial charge in [-0.15, -0.1) is 0 Å². The fourth-order valence-corrected chi connectivity index (χ4v) is 24.3. The summed E-state index contributed by atoms with van der Waals surface area (Å²) >= 11 is 1.42. The summed E-state index contributed by atoms with van der Waals surface area (Å²) in [4.78, 5) is 0. The first-order valence-corrected chi connectivity index (χ1v) is 22.1. The summed E-state index contributed by atoms with van der Waals surface area (Å²) < 4.78 is 21.4. The van der Waals surface area contributed by atoms with Crippen LogP contribution in [0.2, 0.25) is 58.4 Å². The van der Waals surface area contributed by atoms with Gasteiger partial charge in [-0.25, -0.2) is 0 Å². The van der Waals surface area contributed by atoms with E-state index >= 15 is 0 Å². The van der Waals surface area contributed by atoms with Gasteiger partial charge in [0.15, 0.2) is 8.32 Å². The van der Waals surface area contributed by atoms with Gasteiger partial charge < -0.3 is 22.4 Å². The van der Waals surface area contributed by atoms with Crippen molar-refractivity contribution in [1.82, 2.24) is 0 Å². The zero-order valence-electron chi connectivity index (χ0n) is 18.4. The maximum absolute atomic E-state index is 9.38. The smallest absolute Gasteiger partial charge is 0.436 e. The van der Waals surface area contributed by atoms with Gasteiger partial charge in [-0.1, -0.05) is 31.9 Å². The lowest BCUT2D eigenvalue weighted by atomic mass is 9.90. The van der Waals surface area contributed by atoms with E-state index in [0.717, 1.165) is 10.5 Å². The summed E-state index contributed by atoms with van der Waals surface area (Å²) in [5.74, 6) is 0. The van der Waals surface area contributed by atoms with Crippen molar-refractivity contribution in [3.63, 3.8) is 0 Å². The fourth-order valence-electron chi connectivity index (χ4n) is 3.43. The number of unbranched alkanes of at least 4 members (excludes halogenated alkanes) is 1. The summed E-state index contributed by atoms with van der Waals surface area (Å²) in [5, 5.41) is 18.8. The second-order valence-corrected chi connectivity index (χ2v) is 26.2. The Bertz CT molecular complexity index is 607. The van der Waals surface area contributed by atoms with E-state index in [9.17, 15) is 10.0 Å². The molecule has 1 rings (SSSR count). The van der Waals surface area contributed by atoms with E-state index in [1.807, 2.05) is 6.07 Å². The van der Waals surface area contributed by atoms with Crippen LogP contribution >= 0.6 is 11.3 Å². The van der Waals surface area contributed by atoms with Gasteiger partial charge in [-0.05, 0) is 58.4 Å². The average molecular weight is 465 g/mol. The lowest BCUT2D eigenvalue weighted by molar-refractivity contribution is 0.330. The molecule has 0 unspecified atom stereocenters. The van der Waals surface area contributed by atoms with E-state index in [1.54, 1.807) is 6.07 Å². The minimum absolute atomic E-state index is 0.552. The van der Waals surface area contributed by atoms with Gasteiger partial charge in [-0.3, -0.25) is 0 Å². The lowest BCUT2D eigenvalue weighted by Gasteiger charge is -2.40. The number of hydrogen-bond acceptors (Lipinski definition) is 6. The summed E-state index contributed by atoms with van der Waals surface area (Å²) in [6.07, 6.45) is 2.40. The molecule has 1 aromatic rings. The molecule has 0 saturated heterocycles. The summed E-state index contributed by atoms with van der Waals surface area (Å²) in [6, 6.07) is 4.88. The Morgan fingerprint density at radius 3 is 1.93 bits per heavy atom. The maximum Gasteiger partial charge on any atom is 0.499 e. The molecule has 0 radical (unpaired) electrons. The Morgan fingerprint density at radius 1 is 0.889 bits per heavy atom. The van der Waals surface area contributed by atoms with E-state index in [-0.39, 0.29) is 0 Å². The number of rotatable bonds is 11. The number of thiophene rings is 1. The molecule has 0 saturated carbocycles. The molecule has 0 aliphatic rings. The molecule has 0 spiro atoms. The molecule has 27 heavy (non-hydrogen) atoms. The molecule has 0 fully saturated rings. The lowest BCUT2D eigenvalue weighted by Crippen LogP contribution is -2.58. The van der Waals surface area contributed by atoms with Gasteiger partial charge in [0.2, 0.25) is 8.32 Å². The molecule has 0 aliphatic carbocycles. The van der Waals surface area contributed by atoms with Crippen molar-refractivity contribution in [2.45, 2.75) is 78.2 Å². The molecule has 11 heteroatoms. The molecular weight excluding hydrogens is 427 g/mol. The van der Waals surface area contributed by atoms with Crippen molar-refractivity contribution in [2.75, 3.05) is 0 Å². The first kappa shape index (κ1) is 25.5. The predicted octanol–water partition coefficient (Wildman–Crippen LogP) is 3.30. The Balaban J connectivity index is 2.82. The van der Waals surface area contributed by atoms with Crippen molar-refractivity contribution in [1.29, 1.82) is 0 Å². The molecule has 1 aromatic heterocycles. The molecule has 5 nitrogen and oxygen atoms in total. The SMILES string of the molecule is CCCC[Si](C)(C)O[Si](C)(C)O[Si](C)(C)O[Si](C)(C)c1ccc(B(O)O)s1. The first-order chi connectivity index (χ1) is 12.1. The van der Waals surface area contributed by atoms with Gasteiger partial charge in [0, 0.05) is 9.28 Å². The average Bonchev–Trinajstić information content (AvgIpc) is 2.92. The van der Waals surface area contributed by atoms with Gasteiger partial charge in [0.1, 0.15) is 0 Å². The van der Waals surface area contributed by atoms with Crippen LogP contribution in [-0.4, -0.2) is 50.9 Å². The third-order valence-electron chi connectivity index (χ3n) is 4.12. The third-order valence-corrected chi connectivity index (χ3v) is 21.9. The fraction of sp³-hybridized carbons (Fsp3) is 0.750. The van der Waals surface area contributed by atoms with Crippen LogP contribution in [0.4, 0.5) is 0 Å². The minimum atomic E-state index is -2.40. The third kappa shape index (κ3) is 8.76. The second kappa shape index (κ2) is 9.50. The maximum atomic E-state index is 9.38. The first-order valence-electron chi connectivity index (χ1n) is 9.66. The molecule has 156 valence electrons. The Labute approximate surface area is 174 Å². The van der Waals surface area contributed by atoms with Gasteiger partial charge in [-0.2, -0.15) is 11.3 Å². The van der Waals surface area contributed by atoms with Crippen LogP contribution in [0.5, 0.6) is 0 Å². The summed E-state index contributed by atoms with van der Waals surface area (Å²) in [6.45, 7) is 19.5. The highest BCUT2D eigenvalue weighted by molar-refractivity contribution is 7.32. The summed E-state index contributed by atoms with van der Waals surface area (Å²) in [7, 11) is -10.1. The molecule has 0 aliphatic heterocycles.